The Labute approximate surface area is 173 Å². The summed E-state index contributed by atoms with van der Waals surface area (Å²) in [5, 5.41) is 9.92. The minimum Gasteiger partial charge on any atom is -0.506 e. The molecule has 8 heteroatoms. The summed E-state index contributed by atoms with van der Waals surface area (Å²) in [7, 11) is -3.59. The molecule has 154 valence electrons. The Morgan fingerprint density at radius 2 is 1.80 bits per heavy atom. The number of carbonyl (C=O) groups excluding carboxylic acids is 1. The summed E-state index contributed by atoms with van der Waals surface area (Å²) in [6.45, 7) is 0.371. The Hall–Kier alpha value is -3.39. The number of anilines is 2. The Balaban J connectivity index is 1.66. The van der Waals surface area contributed by atoms with Gasteiger partial charge in [-0.05, 0) is 47.9 Å². The number of aromatic hydroxyl groups is 1. The second-order valence-electron chi connectivity index (χ2n) is 7.13. The van der Waals surface area contributed by atoms with Gasteiger partial charge in [0.05, 0.1) is 11.9 Å². The molecule has 0 bridgehead atoms. The van der Waals surface area contributed by atoms with E-state index in [1.165, 1.54) is 23.1 Å². The molecule has 6 nitrogen and oxygen atoms in total. The normalized spacial score (nSPS) is 13.8. The molecule has 0 spiro atoms. The smallest absolute Gasteiger partial charge is 0.258 e. The Morgan fingerprint density at radius 3 is 2.53 bits per heavy atom. The van der Waals surface area contributed by atoms with Gasteiger partial charge in [-0.25, -0.2) is 12.8 Å². The van der Waals surface area contributed by atoms with E-state index in [1.54, 1.807) is 36.4 Å². The predicted molar refractivity (Wildman–Crippen MR) is 114 cm³/mol. The van der Waals surface area contributed by atoms with Crippen LogP contribution in [0.1, 0.15) is 15.9 Å². The quantitative estimate of drug-likeness (QED) is 0.622. The first-order chi connectivity index (χ1) is 14.2. The van der Waals surface area contributed by atoms with Crippen LogP contribution >= 0.6 is 0 Å². The minimum absolute atomic E-state index is 0.00324. The average Bonchev–Trinajstić information content (AvgIpc) is 2.69. The van der Waals surface area contributed by atoms with Crippen LogP contribution in [-0.4, -0.2) is 32.2 Å². The second kappa shape index (κ2) is 7.46. The highest BCUT2D eigenvalue weighted by Gasteiger charge is 2.26. The van der Waals surface area contributed by atoms with Gasteiger partial charge in [-0.2, -0.15) is 0 Å². The number of nitrogens with one attached hydrogen (secondary N) is 1. The molecule has 0 aliphatic carbocycles. The highest BCUT2D eigenvalue weighted by atomic mass is 32.2. The molecule has 4 rings (SSSR count). The van der Waals surface area contributed by atoms with Crippen molar-refractivity contribution in [3.05, 3.63) is 77.6 Å². The summed E-state index contributed by atoms with van der Waals surface area (Å²) in [4.78, 5) is 14.6. The van der Waals surface area contributed by atoms with E-state index in [0.717, 1.165) is 11.8 Å². The monoisotopic (exact) mass is 426 g/mol. The van der Waals surface area contributed by atoms with Crippen molar-refractivity contribution in [1.82, 2.24) is 0 Å². The van der Waals surface area contributed by atoms with E-state index in [1.807, 2.05) is 6.07 Å². The molecule has 0 radical (unpaired) electrons. The van der Waals surface area contributed by atoms with Gasteiger partial charge in [-0.3, -0.25) is 9.52 Å². The van der Waals surface area contributed by atoms with E-state index in [-0.39, 0.29) is 23.2 Å². The fourth-order valence-corrected chi connectivity index (χ4v) is 4.13. The molecule has 3 aromatic carbocycles. The first kappa shape index (κ1) is 19.9. The van der Waals surface area contributed by atoms with Gasteiger partial charge in [-0.1, -0.05) is 30.3 Å². The number of phenolic OH excluding ortho intramolecular Hbond substituents is 1. The molecule has 3 aromatic rings. The molecule has 0 saturated heterocycles. The lowest BCUT2D eigenvalue weighted by atomic mass is 9.93. The van der Waals surface area contributed by atoms with Gasteiger partial charge in [0.1, 0.15) is 11.6 Å². The summed E-state index contributed by atoms with van der Waals surface area (Å²) in [6, 6.07) is 16.0. The molecule has 1 heterocycles. The highest BCUT2D eigenvalue weighted by Crippen LogP contribution is 2.33. The maximum atomic E-state index is 14.1. The average molecular weight is 426 g/mol. The van der Waals surface area contributed by atoms with Crippen LogP contribution in [0.4, 0.5) is 15.8 Å². The second-order valence-corrected chi connectivity index (χ2v) is 8.88. The molecule has 0 fully saturated rings. The zero-order valence-corrected chi connectivity index (χ0v) is 16.9. The van der Waals surface area contributed by atoms with Crippen LogP contribution in [-0.2, 0) is 16.4 Å². The van der Waals surface area contributed by atoms with E-state index >= 15 is 0 Å². The van der Waals surface area contributed by atoms with Gasteiger partial charge in [0.25, 0.3) is 5.91 Å². The molecule has 0 atom stereocenters. The fourth-order valence-electron chi connectivity index (χ4n) is 3.57. The zero-order valence-electron chi connectivity index (χ0n) is 16.1. The molecule has 0 unspecified atom stereocenters. The number of benzene rings is 3. The summed E-state index contributed by atoms with van der Waals surface area (Å²) in [5.41, 5.74) is 2.98. The van der Waals surface area contributed by atoms with Gasteiger partial charge >= 0.3 is 0 Å². The highest BCUT2D eigenvalue weighted by molar-refractivity contribution is 7.92. The molecular formula is C22H19FN2O4S. The zero-order chi connectivity index (χ0) is 21.5. The first-order valence-corrected chi connectivity index (χ1v) is 11.1. The molecule has 1 amide bonds. The van der Waals surface area contributed by atoms with Crippen molar-refractivity contribution < 1.29 is 22.7 Å². The molecule has 0 saturated carbocycles. The maximum absolute atomic E-state index is 14.1. The third-order valence-electron chi connectivity index (χ3n) is 4.96. The van der Waals surface area contributed by atoms with Gasteiger partial charge in [0.2, 0.25) is 10.0 Å². The van der Waals surface area contributed by atoms with E-state index in [2.05, 4.69) is 4.72 Å². The van der Waals surface area contributed by atoms with Crippen LogP contribution < -0.4 is 9.62 Å². The Kier molecular flexibility index (Phi) is 4.95. The molecule has 0 aromatic heterocycles. The number of rotatable bonds is 4. The largest absolute Gasteiger partial charge is 0.506 e. The first-order valence-electron chi connectivity index (χ1n) is 9.23. The van der Waals surface area contributed by atoms with Crippen molar-refractivity contribution in [2.24, 2.45) is 0 Å². The lowest BCUT2D eigenvalue weighted by Gasteiger charge is -2.29. The van der Waals surface area contributed by atoms with Crippen LogP contribution in [0, 0.1) is 5.82 Å². The Morgan fingerprint density at radius 1 is 1.03 bits per heavy atom. The van der Waals surface area contributed by atoms with Gasteiger partial charge in [-0.15, -0.1) is 0 Å². The number of halogens is 1. The van der Waals surface area contributed by atoms with Crippen LogP contribution in [0.15, 0.2) is 60.7 Å². The van der Waals surface area contributed by atoms with Crippen LogP contribution in [0.5, 0.6) is 5.75 Å². The minimum atomic E-state index is -3.59. The van der Waals surface area contributed by atoms with Crippen LogP contribution in [0.3, 0.4) is 0 Å². The number of carbonyl (C=O) groups is 1. The standard InChI is InChI=1S/C22H19FN2O4S/c1-30(28,29)24-20-13-16(7-9-21(20)26)25-11-10-15-12-14(6-8-18(15)22(25)27)17-4-2-3-5-19(17)23/h2-9,12-13,24,26H,10-11H2,1H3. The molecular weight excluding hydrogens is 407 g/mol. The lowest BCUT2D eigenvalue weighted by Crippen LogP contribution is -2.37. The maximum Gasteiger partial charge on any atom is 0.258 e. The molecule has 2 N–H and O–H groups in total. The number of fused-ring (bicyclic) bond motifs is 1. The number of sulfonamides is 1. The molecule has 1 aliphatic rings. The number of hydrogen-bond donors (Lipinski definition) is 2. The van der Waals surface area contributed by atoms with E-state index < -0.39 is 10.0 Å². The SMILES string of the molecule is CS(=O)(=O)Nc1cc(N2CCc3cc(-c4ccccc4F)ccc3C2=O)ccc1O. The third-order valence-corrected chi connectivity index (χ3v) is 5.55. The number of phenols is 1. The van der Waals surface area contributed by atoms with Gasteiger partial charge in [0.15, 0.2) is 0 Å². The molecule has 30 heavy (non-hydrogen) atoms. The summed E-state index contributed by atoms with van der Waals surface area (Å²) in [5.74, 6) is -0.799. The van der Waals surface area contributed by atoms with Crippen molar-refractivity contribution in [3.63, 3.8) is 0 Å². The fraction of sp³-hybridized carbons (Fsp3) is 0.136. The van der Waals surface area contributed by atoms with Gasteiger partial charge < -0.3 is 10.0 Å². The number of hydrogen-bond acceptors (Lipinski definition) is 4. The summed E-state index contributed by atoms with van der Waals surface area (Å²) < 4.78 is 39.4. The Bertz CT molecular complexity index is 1260. The van der Waals surface area contributed by atoms with Crippen LogP contribution in [0.2, 0.25) is 0 Å². The third kappa shape index (κ3) is 3.86. The van der Waals surface area contributed by atoms with Gasteiger partial charge in [0, 0.05) is 23.4 Å². The summed E-state index contributed by atoms with van der Waals surface area (Å²) in [6.07, 6.45) is 1.54. The number of amides is 1. The number of nitrogens with zero attached hydrogens (tertiary/aromatic N) is 1. The van der Waals surface area contributed by atoms with Crippen LogP contribution in [0.25, 0.3) is 11.1 Å². The van der Waals surface area contributed by atoms with E-state index in [9.17, 15) is 22.7 Å². The van der Waals surface area contributed by atoms with Crippen molar-refractivity contribution in [2.45, 2.75) is 6.42 Å². The van der Waals surface area contributed by atoms with E-state index in [4.69, 9.17) is 0 Å². The van der Waals surface area contributed by atoms with Crippen molar-refractivity contribution >= 4 is 27.3 Å². The van der Waals surface area contributed by atoms with Crippen molar-refractivity contribution in [2.75, 3.05) is 22.4 Å². The lowest BCUT2D eigenvalue weighted by molar-refractivity contribution is 0.0980. The van der Waals surface area contributed by atoms with Crippen molar-refractivity contribution in [3.8, 4) is 16.9 Å². The molecule has 1 aliphatic heterocycles. The summed E-state index contributed by atoms with van der Waals surface area (Å²) >= 11 is 0. The predicted octanol–water partition coefficient (Wildman–Crippen LogP) is 3.77. The topological polar surface area (TPSA) is 86.7 Å². The van der Waals surface area contributed by atoms with Crippen molar-refractivity contribution in [1.29, 1.82) is 0 Å². The van der Waals surface area contributed by atoms with E-state index in [0.29, 0.717) is 35.3 Å².